The summed E-state index contributed by atoms with van der Waals surface area (Å²) in [5, 5.41) is 20.2. The lowest BCUT2D eigenvalue weighted by atomic mass is 10.1. The standard InChI is InChI=1S/C27H26FN5O7/c1-4-33-24(22(25(34)35)23(32-33)26(36)39-5-2)31-27(37)30-19-12-21(20(38-3)11-18(19)28)40-14-16-8-6-7-15-9-10-29-13-17(15)16/h6-13H,4-5,14H2,1-3H3,(H,34,35)(H2,30,31,37). The molecule has 208 valence electrons. The summed E-state index contributed by atoms with van der Waals surface area (Å²) in [4.78, 5) is 41.2. The fraction of sp³-hybridized carbons (Fsp3) is 0.222. The molecule has 13 heteroatoms. The van der Waals surface area contributed by atoms with Gasteiger partial charge in [0.1, 0.15) is 18.0 Å². The number of aryl methyl sites for hydroxylation is 1. The molecule has 0 atom stereocenters. The molecule has 0 fully saturated rings. The highest BCUT2D eigenvalue weighted by molar-refractivity contribution is 6.09. The van der Waals surface area contributed by atoms with Crippen molar-refractivity contribution in [3.05, 3.63) is 71.4 Å². The molecule has 0 aliphatic rings. The third kappa shape index (κ3) is 5.77. The van der Waals surface area contributed by atoms with Crippen molar-refractivity contribution in [2.45, 2.75) is 27.0 Å². The van der Waals surface area contributed by atoms with Gasteiger partial charge in [0, 0.05) is 36.5 Å². The Balaban J connectivity index is 1.58. The maximum Gasteiger partial charge on any atom is 0.359 e. The van der Waals surface area contributed by atoms with E-state index in [9.17, 15) is 23.9 Å². The van der Waals surface area contributed by atoms with Crippen molar-refractivity contribution in [1.82, 2.24) is 14.8 Å². The first-order valence-corrected chi connectivity index (χ1v) is 12.2. The van der Waals surface area contributed by atoms with Crippen LogP contribution in [0.1, 0.15) is 40.3 Å². The Bertz CT molecular complexity index is 1580. The fourth-order valence-corrected chi connectivity index (χ4v) is 3.98. The number of ether oxygens (including phenoxy) is 3. The lowest BCUT2D eigenvalue weighted by Gasteiger charge is -2.15. The number of anilines is 2. The summed E-state index contributed by atoms with van der Waals surface area (Å²) in [6.07, 6.45) is 3.40. The second-order valence-electron chi connectivity index (χ2n) is 8.28. The van der Waals surface area contributed by atoms with Crippen LogP contribution in [0.5, 0.6) is 11.5 Å². The molecule has 0 aliphatic heterocycles. The molecule has 2 amide bonds. The SMILES string of the molecule is CCOC(=O)c1nn(CC)c(NC(=O)Nc2cc(OCc3cccc4ccncc34)c(OC)cc2F)c1C(=O)O. The topological polar surface area (TPSA) is 154 Å². The van der Waals surface area contributed by atoms with Crippen LogP contribution >= 0.6 is 0 Å². The number of aromatic nitrogens is 3. The fourth-order valence-electron chi connectivity index (χ4n) is 3.98. The molecule has 0 radical (unpaired) electrons. The average molecular weight is 552 g/mol. The van der Waals surface area contributed by atoms with Crippen LogP contribution in [0, 0.1) is 5.82 Å². The van der Waals surface area contributed by atoms with Crippen LogP contribution in [0.3, 0.4) is 0 Å². The Morgan fingerprint density at radius 1 is 1.10 bits per heavy atom. The number of hydrogen-bond donors (Lipinski definition) is 3. The second kappa shape index (κ2) is 12.1. The molecule has 0 aliphatic carbocycles. The third-order valence-electron chi connectivity index (χ3n) is 5.83. The predicted molar refractivity (Wildman–Crippen MR) is 142 cm³/mol. The maximum absolute atomic E-state index is 14.9. The van der Waals surface area contributed by atoms with Crippen LogP contribution in [0.25, 0.3) is 10.8 Å². The van der Waals surface area contributed by atoms with Gasteiger partial charge >= 0.3 is 18.0 Å². The van der Waals surface area contributed by atoms with Gasteiger partial charge < -0.3 is 24.6 Å². The number of fused-ring (bicyclic) bond motifs is 1. The van der Waals surface area contributed by atoms with Crippen molar-refractivity contribution in [3.63, 3.8) is 0 Å². The molecule has 2 aromatic carbocycles. The number of rotatable bonds is 10. The molecule has 4 aromatic rings. The number of pyridine rings is 1. The highest BCUT2D eigenvalue weighted by atomic mass is 19.1. The number of hydrogen-bond acceptors (Lipinski definition) is 8. The van der Waals surface area contributed by atoms with Gasteiger partial charge in [-0.25, -0.2) is 23.5 Å². The molecule has 40 heavy (non-hydrogen) atoms. The number of urea groups is 1. The number of nitrogens with one attached hydrogen (secondary N) is 2. The lowest BCUT2D eigenvalue weighted by Crippen LogP contribution is -2.23. The smallest absolute Gasteiger partial charge is 0.359 e. The van der Waals surface area contributed by atoms with Gasteiger partial charge in [-0.05, 0) is 30.9 Å². The minimum atomic E-state index is -1.51. The van der Waals surface area contributed by atoms with Gasteiger partial charge in [-0.2, -0.15) is 5.10 Å². The Hall–Kier alpha value is -5.20. The zero-order chi connectivity index (χ0) is 28.8. The van der Waals surface area contributed by atoms with E-state index in [-0.39, 0.29) is 42.8 Å². The summed E-state index contributed by atoms with van der Waals surface area (Å²) < 4.78 is 32.0. The largest absolute Gasteiger partial charge is 0.493 e. The molecule has 0 saturated carbocycles. The summed E-state index contributed by atoms with van der Waals surface area (Å²) in [6.45, 7) is 3.41. The van der Waals surface area contributed by atoms with Gasteiger partial charge in [0.2, 0.25) is 0 Å². The molecule has 0 bridgehead atoms. The minimum Gasteiger partial charge on any atom is -0.493 e. The second-order valence-corrected chi connectivity index (χ2v) is 8.28. The average Bonchev–Trinajstić information content (AvgIpc) is 3.31. The van der Waals surface area contributed by atoms with Gasteiger partial charge in [-0.1, -0.05) is 18.2 Å². The number of carboxylic acid groups (broad SMARTS) is 1. The van der Waals surface area contributed by atoms with E-state index in [1.165, 1.54) is 13.2 Å². The van der Waals surface area contributed by atoms with E-state index in [0.29, 0.717) is 0 Å². The number of esters is 1. The van der Waals surface area contributed by atoms with E-state index in [0.717, 1.165) is 27.1 Å². The summed E-state index contributed by atoms with van der Waals surface area (Å²) in [5.74, 6) is -3.32. The monoisotopic (exact) mass is 551 g/mol. The Morgan fingerprint density at radius 2 is 1.90 bits per heavy atom. The van der Waals surface area contributed by atoms with Crippen LogP contribution in [-0.4, -0.2) is 51.6 Å². The Morgan fingerprint density at radius 3 is 2.60 bits per heavy atom. The number of amides is 2. The molecular weight excluding hydrogens is 525 g/mol. The molecule has 0 spiro atoms. The van der Waals surface area contributed by atoms with Crippen molar-refractivity contribution in [1.29, 1.82) is 0 Å². The van der Waals surface area contributed by atoms with Gasteiger partial charge in [-0.3, -0.25) is 10.3 Å². The maximum atomic E-state index is 14.9. The van der Waals surface area contributed by atoms with Crippen LogP contribution < -0.4 is 20.1 Å². The highest BCUT2D eigenvalue weighted by Crippen LogP contribution is 2.34. The van der Waals surface area contributed by atoms with E-state index in [1.807, 2.05) is 24.3 Å². The molecule has 3 N–H and O–H groups in total. The molecule has 2 heterocycles. The number of carbonyl (C=O) groups is 3. The number of halogens is 1. The number of nitrogens with zero attached hydrogens (tertiary/aromatic N) is 3. The summed E-state index contributed by atoms with van der Waals surface area (Å²) >= 11 is 0. The zero-order valence-electron chi connectivity index (χ0n) is 21.9. The van der Waals surface area contributed by atoms with E-state index >= 15 is 0 Å². The molecule has 2 aromatic heterocycles. The molecular formula is C27H26FN5O7. The summed E-state index contributed by atoms with van der Waals surface area (Å²) in [5.41, 5.74) is -0.464. The van der Waals surface area contributed by atoms with Crippen molar-refractivity contribution < 1.29 is 38.1 Å². The predicted octanol–water partition coefficient (Wildman–Crippen LogP) is 4.70. The Kier molecular flexibility index (Phi) is 8.42. The van der Waals surface area contributed by atoms with E-state index in [2.05, 4.69) is 20.7 Å². The number of carboxylic acids is 1. The molecule has 0 unspecified atom stereocenters. The van der Waals surface area contributed by atoms with E-state index in [1.54, 1.807) is 26.2 Å². The van der Waals surface area contributed by atoms with Gasteiger partial charge in [0.25, 0.3) is 0 Å². The Labute approximate surface area is 227 Å². The quantitative estimate of drug-likeness (QED) is 0.238. The van der Waals surface area contributed by atoms with Crippen LogP contribution in [0.4, 0.5) is 20.7 Å². The van der Waals surface area contributed by atoms with Gasteiger partial charge in [0.15, 0.2) is 23.0 Å². The third-order valence-corrected chi connectivity index (χ3v) is 5.83. The molecule has 0 saturated heterocycles. The lowest BCUT2D eigenvalue weighted by molar-refractivity contribution is 0.0507. The minimum absolute atomic E-state index is 0.00133. The van der Waals surface area contributed by atoms with Crippen molar-refractivity contribution in [2.75, 3.05) is 24.4 Å². The first kappa shape index (κ1) is 27.8. The van der Waals surface area contributed by atoms with Crippen LogP contribution in [0.15, 0.2) is 48.8 Å². The normalized spacial score (nSPS) is 10.7. The van der Waals surface area contributed by atoms with Crippen LogP contribution in [0.2, 0.25) is 0 Å². The van der Waals surface area contributed by atoms with E-state index in [4.69, 9.17) is 14.2 Å². The van der Waals surface area contributed by atoms with Crippen LogP contribution in [-0.2, 0) is 17.9 Å². The first-order chi connectivity index (χ1) is 19.3. The number of carbonyl (C=O) groups excluding carboxylic acids is 2. The number of benzene rings is 2. The van der Waals surface area contributed by atoms with E-state index < -0.39 is 35.0 Å². The first-order valence-electron chi connectivity index (χ1n) is 12.2. The zero-order valence-corrected chi connectivity index (χ0v) is 21.9. The molecule has 12 nitrogen and oxygen atoms in total. The summed E-state index contributed by atoms with van der Waals surface area (Å²) in [6, 6.07) is 8.86. The highest BCUT2D eigenvalue weighted by Gasteiger charge is 2.30. The van der Waals surface area contributed by atoms with Gasteiger partial charge in [-0.15, -0.1) is 0 Å². The van der Waals surface area contributed by atoms with Gasteiger partial charge in [0.05, 0.1) is 19.4 Å². The number of aromatic carboxylic acids is 1. The van der Waals surface area contributed by atoms with Crippen molar-refractivity contribution >= 4 is 40.2 Å². The number of methoxy groups -OCH3 is 1. The summed E-state index contributed by atoms with van der Waals surface area (Å²) in [7, 11) is 1.35. The van der Waals surface area contributed by atoms with Crippen molar-refractivity contribution in [3.8, 4) is 11.5 Å². The van der Waals surface area contributed by atoms with Crippen molar-refractivity contribution in [2.24, 2.45) is 0 Å². The molecule has 4 rings (SSSR count).